The highest BCUT2D eigenvalue weighted by Crippen LogP contribution is 2.25. The highest BCUT2D eigenvalue weighted by molar-refractivity contribution is 5.93. The highest BCUT2D eigenvalue weighted by Gasteiger charge is 2.23. The Kier molecular flexibility index (Phi) is 2.27. The predicted molar refractivity (Wildman–Crippen MR) is 53.2 cm³/mol. The second kappa shape index (κ2) is 3.44. The Morgan fingerprint density at radius 2 is 2.43 bits per heavy atom. The van der Waals surface area contributed by atoms with Crippen molar-refractivity contribution < 1.29 is 4.79 Å². The van der Waals surface area contributed by atoms with Crippen molar-refractivity contribution in [2.24, 2.45) is 5.92 Å². The summed E-state index contributed by atoms with van der Waals surface area (Å²) in [4.78, 5) is 11.5. The molecule has 2 N–H and O–H groups in total. The van der Waals surface area contributed by atoms with Crippen LogP contribution in [0.5, 0.6) is 0 Å². The van der Waals surface area contributed by atoms with Gasteiger partial charge in [-0.1, -0.05) is 6.92 Å². The molecular formula is C10H15N3O. The maximum atomic E-state index is 11.5. The highest BCUT2D eigenvalue weighted by atomic mass is 16.1. The van der Waals surface area contributed by atoms with E-state index in [1.807, 2.05) is 0 Å². The third-order valence-corrected chi connectivity index (χ3v) is 2.83. The number of H-pyrrole nitrogens is 1. The molecule has 1 aromatic rings. The Morgan fingerprint density at radius 1 is 1.64 bits per heavy atom. The smallest absolute Gasteiger partial charge is 0.271 e. The van der Waals surface area contributed by atoms with Gasteiger partial charge in [0.1, 0.15) is 0 Å². The van der Waals surface area contributed by atoms with E-state index >= 15 is 0 Å². The van der Waals surface area contributed by atoms with E-state index in [9.17, 15) is 4.79 Å². The number of rotatable bonds is 1. The molecule has 1 atom stereocenters. The van der Waals surface area contributed by atoms with Crippen molar-refractivity contribution in [1.29, 1.82) is 0 Å². The number of fused-ring (bicyclic) bond motifs is 1. The van der Waals surface area contributed by atoms with Gasteiger partial charge < -0.3 is 5.32 Å². The Hall–Kier alpha value is -1.32. The van der Waals surface area contributed by atoms with Crippen molar-refractivity contribution in [1.82, 2.24) is 15.5 Å². The van der Waals surface area contributed by atoms with Gasteiger partial charge in [0.2, 0.25) is 0 Å². The second-order valence-corrected chi connectivity index (χ2v) is 3.96. The number of hydrogen-bond donors (Lipinski definition) is 2. The van der Waals surface area contributed by atoms with E-state index in [1.54, 1.807) is 7.05 Å². The first-order valence-corrected chi connectivity index (χ1v) is 5.00. The molecule has 1 aliphatic rings. The Bertz CT molecular complexity index is 356. The summed E-state index contributed by atoms with van der Waals surface area (Å²) in [5.41, 5.74) is 2.83. The standard InChI is InChI=1S/C10H15N3O/c1-6-3-4-8-7(5-6)9(13-12-8)10(14)11-2/h6H,3-5H2,1-2H3,(H,11,14)(H,12,13). The number of aryl methyl sites for hydroxylation is 1. The van der Waals surface area contributed by atoms with Crippen LogP contribution in [0.25, 0.3) is 0 Å². The molecule has 4 heteroatoms. The molecule has 14 heavy (non-hydrogen) atoms. The Balaban J connectivity index is 2.35. The van der Waals surface area contributed by atoms with Crippen molar-refractivity contribution in [3.8, 4) is 0 Å². The summed E-state index contributed by atoms with van der Waals surface area (Å²) in [7, 11) is 1.63. The van der Waals surface area contributed by atoms with E-state index in [4.69, 9.17) is 0 Å². The fourth-order valence-electron chi connectivity index (χ4n) is 1.98. The summed E-state index contributed by atoms with van der Waals surface area (Å²) in [6.45, 7) is 2.21. The van der Waals surface area contributed by atoms with E-state index in [-0.39, 0.29) is 5.91 Å². The van der Waals surface area contributed by atoms with Gasteiger partial charge in [0, 0.05) is 18.3 Å². The Morgan fingerprint density at radius 3 is 3.14 bits per heavy atom. The first-order chi connectivity index (χ1) is 6.72. The van der Waals surface area contributed by atoms with Crippen LogP contribution >= 0.6 is 0 Å². The number of carbonyl (C=O) groups is 1. The molecule has 0 aliphatic heterocycles. The topological polar surface area (TPSA) is 57.8 Å². The lowest BCUT2D eigenvalue weighted by atomic mass is 9.88. The fraction of sp³-hybridized carbons (Fsp3) is 0.600. The molecule has 0 radical (unpaired) electrons. The van der Waals surface area contributed by atoms with Crippen LogP contribution in [0.3, 0.4) is 0 Å². The maximum Gasteiger partial charge on any atom is 0.271 e. The average molecular weight is 193 g/mol. The number of aromatic amines is 1. The summed E-state index contributed by atoms with van der Waals surface area (Å²) >= 11 is 0. The molecule has 2 rings (SSSR count). The molecule has 0 spiro atoms. The van der Waals surface area contributed by atoms with Crippen LogP contribution in [-0.2, 0) is 12.8 Å². The summed E-state index contributed by atoms with van der Waals surface area (Å²) in [6.07, 6.45) is 3.16. The van der Waals surface area contributed by atoms with Gasteiger partial charge in [-0.3, -0.25) is 9.89 Å². The van der Waals surface area contributed by atoms with Gasteiger partial charge >= 0.3 is 0 Å². The van der Waals surface area contributed by atoms with Crippen LogP contribution in [-0.4, -0.2) is 23.2 Å². The van der Waals surface area contributed by atoms with Gasteiger partial charge in [-0.05, 0) is 25.2 Å². The molecule has 76 valence electrons. The lowest BCUT2D eigenvalue weighted by Crippen LogP contribution is -2.21. The number of carbonyl (C=O) groups excluding carboxylic acids is 1. The van der Waals surface area contributed by atoms with Crippen molar-refractivity contribution >= 4 is 5.91 Å². The van der Waals surface area contributed by atoms with E-state index in [0.29, 0.717) is 11.6 Å². The summed E-state index contributed by atoms with van der Waals surface area (Å²) in [6, 6.07) is 0. The summed E-state index contributed by atoms with van der Waals surface area (Å²) in [5, 5.41) is 9.63. The van der Waals surface area contributed by atoms with E-state index in [0.717, 1.165) is 24.1 Å². The van der Waals surface area contributed by atoms with E-state index in [2.05, 4.69) is 22.4 Å². The zero-order chi connectivity index (χ0) is 10.1. The van der Waals surface area contributed by atoms with Gasteiger partial charge in [0.15, 0.2) is 5.69 Å². The summed E-state index contributed by atoms with van der Waals surface area (Å²) < 4.78 is 0. The van der Waals surface area contributed by atoms with Gasteiger partial charge in [-0.25, -0.2) is 0 Å². The van der Waals surface area contributed by atoms with Crippen LogP contribution in [0.4, 0.5) is 0 Å². The molecule has 4 nitrogen and oxygen atoms in total. The largest absolute Gasteiger partial charge is 0.354 e. The predicted octanol–water partition coefficient (Wildman–Crippen LogP) is 0.894. The third-order valence-electron chi connectivity index (χ3n) is 2.83. The molecule has 1 amide bonds. The molecule has 1 unspecified atom stereocenters. The fourth-order valence-corrected chi connectivity index (χ4v) is 1.98. The van der Waals surface area contributed by atoms with Crippen LogP contribution in [0.15, 0.2) is 0 Å². The van der Waals surface area contributed by atoms with Crippen LogP contribution in [0.2, 0.25) is 0 Å². The number of nitrogens with zero attached hydrogens (tertiary/aromatic N) is 1. The average Bonchev–Trinajstić information content (AvgIpc) is 2.59. The molecule has 0 saturated heterocycles. The molecule has 1 heterocycles. The van der Waals surface area contributed by atoms with Gasteiger partial charge in [0.05, 0.1) is 0 Å². The number of hydrogen-bond acceptors (Lipinski definition) is 2. The minimum atomic E-state index is -0.0865. The lowest BCUT2D eigenvalue weighted by molar-refractivity contribution is 0.0957. The molecular weight excluding hydrogens is 178 g/mol. The monoisotopic (exact) mass is 193 g/mol. The SMILES string of the molecule is CNC(=O)c1n[nH]c2c1CC(C)CC2. The van der Waals surface area contributed by atoms with Gasteiger partial charge in [0.25, 0.3) is 5.91 Å². The quantitative estimate of drug-likeness (QED) is 0.696. The van der Waals surface area contributed by atoms with Crippen molar-refractivity contribution in [2.45, 2.75) is 26.2 Å². The van der Waals surface area contributed by atoms with Gasteiger partial charge in [-0.15, -0.1) is 0 Å². The van der Waals surface area contributed by atoms with Crippen molar-refractivity contribution in [3.63, 3.8) is 0 Å². The Labute approximate surface area is 83.1 Å². The number of amides is 1. The second-order valence-electron chi connectivity index (χ2n) is 3.96. The minimum Gasteiger partial charge on any atom is -0.354 e. The molecule has 0 saturated carbocycles. The first kappa shape index (κ1) is 9.24. The van der Waals surface area contributed by atoms with E-state index < -0.39 is 0 Å². The van der Waals surface area contributed by atoms with Crippen LogP contribution in [0, 0.1) is 5.92 Å². The van der Waals surface area contributed by atoms with Crippen molar-refractivity contribution in [2.75, 3.05) is 7.05 Å². The lowest BCUT2D eigenvalue weighted by Gasteiger charge is -2.17. The molecule has 0 aromatic carbocycles. The van der Waals surface area contributed by atoms with Crippen LogP contribution in [0.1, 0.15) is 35.1 Å². The van der Waals surface area contributed by atoms with Crippen LogP contribution < -0.4 is 5.32 Å². The van der Waals surface area contributed by atoms with E-state index in [1.165, 1.54) is 6.42 Å². The molecule has 0 bridgehead atoms. The van der Waals surface area contributed by atoms with Gasteiger partial charge in [-0.2, -0.15) is 5.10 Å². The zero-order valence-electron chi connectivity index (χ0n) is 8.55. The number of nitrogens with one attached hydrogen (secondary N) is 2. The zero-order valence-corrected chi connectivity index (χ0v) is 8.55. The summed E-state index contributed by atoms with van der Waals surface area (Å²) in [5.74, 6) is 0.570. The minimum absolute atomic E-state index is 0.0865. The molecule has 1 aliphatic carbocycles. The molecule has 1 aromatic heterocycles. The third kappa shape index (κ3) is 1.41. The first-order valence-electron chi connectivity index (χ1n) is 5.00. The molecule has 0 fully saturated rings. The normalized spacial score (nSPS) is 20.3. The number of aromatic nitrogens is 2. The maximum absolute atomic E-state index is 11.5. The van der Waals surface area contributed by atoms with Crippen molar-refractivity contribution in [3.05, 3.63) is 17.0 Å².